The molecule has 0 saturated carbocycles. The van der Waals surface area contributed by atoms with Crippen molar-refractivity contribution in [1.82, 2.24) is 14.1 Å². The highest BCUT2D eigenvalue weighted by atomic mass is 35.5. The van der Waals surface area contributed by atoms with Crippen LogP contribution in [-0.4, -0.2) is 61.2 Å². The molecular weight excluding hydrogens is 462 g/mol. The molecule has 0 radical (unpaired) electrons. The summed E-state index contributed by atoms with van der Waals surface area (Å²) in [4.78, 5) is 16.9. The number of carbonyl (C=O) groups excluding carboxylic acids is 1. The Hall–Kier alpha value is -2.65. The van der Waals surface area contributed by atoms with Gasteiger partial charge in [0.15, 0.2) is 0 Å². The summed E-state index contributed by atoms with van der Waals surface area (Å²) in [5.41, 5.74) is 1.10. The monoisotopic (exact) mass is 487 g/mol. The van der Waals surface area contributed by atoms with Crippen LogP contribution in [0.4, 0.5) is 0 Å². The molecule has 174 valence electrons. The summed E-state index contributed by atoms with van der Waals surface area (Å²) in [6.45, 7) is 2.46. The van der Waals surface area contributed by atoms with E-state index in [2.05, 4.69) is 0 Å². The minimum Gasteiger partial charge on any atom is -0.468 e. The first-order valence-corrected chi connectivity index (χ1v) is 12.6. The molecule has 0 spiro atoms. The predicted octanol–water partition coefficient (Wildman–Crippen LogP) is 3.47. The number of furan rings is 1. The Morgan fingerprint density at radius 1 is 0.909 bits per heavy atom. The van der Waals surface area contributed by atoms with Crippen molar-refractivity contribution in [2.45, 2.75) is 18.0 Å². The van der Waals surface area contributed by atoms with Gasteiger partial charge in [0.05, 0.1) is 24.4 Å². The van der Waals surface area contributed by atoms with Gasteiger partial charge in [-0.25, -0.2) is 8.42 Å². The molecule has 9 heteroatoms. The Morgan fingerprint density at radius 2 is 1.61 bits per heavy atom. The van der Waals surface area contributed by atoms with Crippen molar-refractivity contribution in [1.29, 1.82) is 0 Å². The van der Waals surface area contributed by atoms with Crippen LogP contribution in [0.1, 0.15) is 11.3 Å². The van der Waals surface area contributed by atoms with Gasteiger partial charge in [0.25, 0.3) is 0 Å². The zero-order chi connectivity index (χ0) is 23.3. The SMILES string of the molecule is O=C(CN(Cc1ccccc1)Cc1ccco1)N1CCN(S(=O)(=O)c2ccccc2Cl)CC1. The summed E-state index contributed by atoms with van der Waals surface area (Å²) >= 11 is 6.11. The van der Waals surface area contributed by atoms with E-state index in [4.69, 9.17) is 16.0 Å². The normalized spacial score (nSPS) is 15.2. The molecule has 0 unspecified atom stereocenters. The number of carbonyl (C=O) groups is 1. The fraction of sp³-hybridized carbons (Fsp3) is 0.292. The molecule has 1 aliphatic rings. The van der Waals surface area contributed by atoms with E-state index in [9.17, 15) is 13.2 Å². The first-order valence-electron chi connectivity index (χ1n) is 10.7. The molecule has 2 heterocycles. The van der Waals surface area contributed by atoms with E-state index in [-0.39, 0.29) is 35.5 Å². The van der Waals surface area contributed by atoms with Gasteiger partial charge < -0.3 is 9.32 Å². The van der Waals surface area contributed by atoms with E-state index in [1.54, 1.807) is 29.4 Å². The van der Waals surface area contributed by atoms with Crippen molar-refractivity contribution < 1.29 is 17.6 Å². The summed E-state index contributed by atoms with van der Waals surface area (Å²) in [7, 11) is -3.70. The van der Waals surface area contributed by atoms with Crippen LogP contribution in [0.5, 0.6) is 0 Å². The molecule has 0 aliphatic carbocycles. The van der Waals surface area contributed by atoms with Crippen LogP contribution in [0, 0.1) is 0 Å². The van der Waals surface area contributed by atoms with Gasteiger partial charge in [0, 0.05) is 32.7 Å². The Balaban J connectivity index is 1.39. The van der Waals surface area contributed by atoms with E-state index in [1.165, 1.54) is 10.4 Å². The number of rotatable bonds is 8. The van der Waals surface area contributed by atoms with Crippen LogP contribution in [0.3, 0.4) is 0 Å². The second-order valence-corrected chi connectivity index (χ2v) is 10.2. The lowest BCUT2D eigenvalue weighted by molar-refractivity contribution is -0.134. The average Bonchev–Trinajstić information content (AvgIpc) is 3.33. The van der Waals surface area contributed by atoms with Crippen LogP contribution in [0.25, 0.3) is 0 Å². The highest BCUT2D eigenvalue weighted by Gasteiger charge is 2.31. The minimum absolute atomic E-state index is 0.0349. The zero-order valence-electron chi connectivity index (χ0n) is 18.1. The van der Waals surface area contributed by atoms with Crippen LogP contribution in [0.2, 0.25) is 5.02 Å². The fourth-order valence-corrected chi connectivity index (χ4v) is 5.81. The standard InChI is InChI=1S/C24H26ClN3O4S/c25-22-10-4-5-11-23(22)33(30,31)28-14-12-27(13-15-28)24(29)19-26(18-21-9-6-16-32-21)17-20-7-2-1-3-8-20/h1-11,16H,12-15,17-19H2. The van der Waals surface area contributed by atoms with E-state index >= 15 is 0 Å². The molecule has 1 aliphatic heterocycles. The summed E-state index contributed by atoms with van der Waals surface area (Å²) < 4.78 is 32.8. The van der Waals surface area contributed by atoms with Gasteiger partial charge >= 0.3 is 0 Å². The lowest BCUT2D eigenvalue weighted by Gasteiger charge is -2.35. The van der Waals surface area contributed by atoms with Crippen molar-refractivity contribution >= 4 is 27.5 Å². The topological polar surface area (TPSA) is 74.1 Å². The molecular formula is C24H26ClN3O4S. The third kappa shape index (κ3) is 5.83. The zero-order valence-corrected chi connectivity index (χ0v) is 19.7. The van der Waals surface area contributed by atoms with Gasteiger partial charge in [-0.2, -0.15) is 4.31 Å². The van der Waals surface area contributed by atoms with Crippen LogP contribution >= 0.6 is 11.6 Å². The van der Waals surface area contributed by atoms with E-state index in [0.717, 1.165) is 11.3 Å². The van der Waals surface area contributed by atoms with Crippen LogP contribution in [0.15, 0.2) is 82.3 Å². The number of nitrogens with zero attached hydrogens (tertiary/aromatic N) is 3. The largest absolute Gasteiger partial charge is 0.468 e. The third-order valence-electron chi connectivity index (χ3n) is 5.61. The number of halogens is 1. The Morgan fingerprint density at radius 3 is 2.27 bits per heavy atom. The first-order chi connectivity index (χ1) is 15.9. The maximum atomic E-state index is 13.1. The van der Waals surface area contributed by atoms with Crippen molar-refractivity contribution in [3.05, 3.63) is 89.3 Å². The third-order valence-corrected chi connectivity index (χ3v) is 8.01. The lowest BCUT2D eigenvalue weighted by atomic mass is 10.2. The average molecular weight is 488 g/mol. The Bertz CT molecular complexity index is 1160. The van der Waals surface area contributed by atoms with Gasteiger partial charge in [-0.15, -0.1) is 0 Å². The van der Waals surface area contributed by atoms with Crippen LogP contribution in [-0.2, 0) is 27.9 Å². The summed E-state index contributed by atoms with van der Waals surface area (Å²) in [6, 6.07) is 20.1. The highest BCUT2D eigenvalue weighted by molar-refractivity contribution is 7.89. The molecule has 33 heavy (non-hydrogen) atoms. The summed E-state index contributed by atoms with van der Waals surface area (Å²) in [5.74, 6) is 0.752. The van der Waals surface area contributed by atoms with Gasteiger partial charge in [0.1, 0.15) is 10.7 Å². The van der Waals surface area contributed by atoms with Crippen molar-refractivity contribution in [2.75, 3.05) is 32.7 Å². The molecule has 1 fully saturated rings. The van der Waals surface area contributed by atoms with Gasteiger partial charge in [0.2, 0.25) is 15.9 Å². The van der Waals surface area contributed by atoms with Gasteiger partial charge in [-0.3, -0.25) is 9.69 Å². The Labute approximate surface area is 199 Å². The first kappa shape index (κ1) is 23.5. The quantitative estimate of drug-likeness (QED) is 0.486. The molecule has 7 nitrogen and oxygen atoms in total. The molecule has 3 aromatic rings. The highest BCUT2D eigenvalue weighted by Crippen LogP contribution is 2.25. The second-order valence-electron chi connectivity index (χ2n) is 7.93. The maximum Gasteiger partial charge on any atom is 0.244 e. The second kappa shape index (κ2) is 10.5. The fourth-order valence-electron chi connectivity index (χ4n) is 3.89. The van der Waals surface area contributed by atoms with E-state index in [1.807, 2.05) is 47.4 Å². The minimum atomic E-state index is -3.70. The molecule has 0 atom stereocenters. The number of benzene rings is 2. The van der Waals surface area contributed by atoms with E-state index in [0.29, 0.717) is 26.2 Å². The van der Waals surface area contributed by atoms with Crippen LogP contribution < -0.4 is 0 Å². The smallest absolute Gasteiger partial charge is 0.244 e. The molecule has 1 aromatic heterocycles. The molecule has 4 rings (SSSR count). The van der Waals surface area contributed by atoms with Gasteiger partial charge in [-0.1, -0.05) is 54.1 Å². The number of sulfonamides is 1. The maximum absolute atomic E-state index is 13.1. The Kier molecular flexibility index (Phi) is 7.49. The van der Waals surface area contributed by atoms with Gasteiger partial charge in [-0.05, 0) is 29.8 Å². The molecule has 1 amide bonds. The predicted molar refractivity (Wildman–Crippen MR) is 126 cm³/mol. The van der Waals surface area contributed by atoms with E-state index < -0.39 is 10.0 Å². The molecule has 2 aromatic carbocycles. The summed E-state index contributed by atoms with van der Waals surface area (Å²) in [5, 5.41) is 0.200. The molecule has 0 bridgehead atoms. The number of piperazine rings is 1. The number of hydrogen-bond donors (Lipinski definition) is 0. The lowest BCUT2D eigenvalue weighted by Crippen LogP contribution is -2.52. The van der Waals surface area contributed by atoms with Crippen molar-refractivity contribution in [3.63, 3.8) is 0 Å². The molecule has 1 saturated heterocycles. The van der Waals surface area contributed by atoms with Crippen molar-refractivity contribution in [2.24, 2.45) is 0 Å². The molecule has 0 N–H and O–H groups in total. The number of hydrogen-bond acceptors (Lipinski definition) is 5. The number of amides is 1. The van der Waals surface area contributed by atoms with Crippen molar-refractivity contribution in [3.8, 4) is 0 Å². The summed E-state index contributed by atoms with van der Waals surface area (Å²) in [6.07, 6.45) is 1.62.